The van der Waals surface area contributed by atoms with E-state index in [1.54, 1.807) is 6.20 Å². The second kappa shape index (κ2) is 4.85. The average molecular weight is 309 g/mol. The molecular weight excluding hydrogens is 298 g/mol. The summed E-state index contributed by atoms with van der Waals surface area (Å²) in [6.45, 7) is 0. The molecule has 5 nitrogen and oxygen atoms in total. The number of aromatic nitrogens is 2. The van der Waals surface area contributed by atoms with Crippen LogP contribution in [0.15, 0.2) is 48.8 Å². The monoisotopic (exact) mass is 309 g/mol. The zero-order valence-electron chi connectivity index (χ0n) is 11.3. The molecule has 0 unspecified atom stereocenters. The Balaban J connectivity index is 1.92. The Morgan fingerprint density at radius 2 is 2.05 bits per heavy atom. The summed E-state index contributed by atoms with van der Waals surface area (Å²) in [4.78, 5) is 19.1. The third-order valence-corrected chi connectivity index (χ3v) is 4.67. The van der Waals surface area contributed by atoms with Crippen LogP contribution in [0.3, 0.4) is 0 Å². The number of rotatable bonds is 3. The van der Waals surface area contributed by atoms with Crippen molar-refractivity contribution in [3.63, 3.8) is 0 Å². The lowest BCUT2D eigenvalue weighted by atomic mass is 10.2. The molecule has 22 heavy (non-hydrogen) atoms. The molecule has 108 valence electrons. The van der Waals surface area contributed by atoms with Crippen molar-refractivity contribution in [3.05, 3.63) is 53.7 Å². The van der Waals surface area contributed by atoms with E-state index >= 15 is 0 Å². The van der Waals surface area contributed by atoms with Crippen LogP contribution < -0.4 is 5.32 Å². The lowest BCUT2D eigenvalue weighted by molar-refractivity contribution is 0.0703. The fourth-order valence-electron chi connectivity index (χ4n) is 2.52. The van der Waals surface area contributed by atoms with Crippen LogP contribution in [0.5, 0.6) is 0 Å². The normalized spacial score (nSPS) is 11.1. The summed E-state index contributed by atoms with van der Waals surface area (Å²) >= 11 is 1.27. The summed E-state index contributed by atoms with van der Waals surface area (Å²) in [6.07, 6.45) is 3.50. The van der Waals surface area contributed by atoms with E-state index in [2.05, 4.69) is 15.3 Å². The van der Waals surface area contributed by atoms with E-state index in [-0.39, 0.29) is 0 Å². The summed E-state index contributed by atoms with van der Waals surface area (Å²) in [5.41, 5.74) is 2.22. The van der Waals surface area contributed by atoms with Crippen molar-refractivity contribution in [1.29, 1.82) is 0 Å². The van der Waals surface area contributed by atoms with Gasteiger partial charge in [0.25, 0.3) is 0 Å². The number of nitrogens with one attached hydrogen (secondary N) is 2. The highest BCUT2D eigenvalue weighted by Crippen LogP contribution is 2.38. The molecular formula is C16H11N3O2S. The molecule has 6 heteroatoms. The van der Waals surface area contributed by atoms with Crippen LogP contribution in [-0.2, 0) is 0 Å². The number of hydrogen-bond donors (Lipinski definition) is 3. The molecule has 0 bridgehead atoms. The zero-order valence-corrected chi connectivity index (χ0v) is 12.1. The minimum atomic E-state index is -0.928. The molecule has 0 fully saturated rings. The third-order valence-electron chi connectivity index (χ3n) is 3.51. The maximum atomic E-state index is 11.5. The van der Waals surface area contributed by atoms with Gasteiger partial charge in [0.2, 0.25) is 0 Å². The number of pyridine rings is 1. The van der Waals surface area contributed by atoms with Gasteiger partial charge in [0.05, 0.1) is 11.4 Å². The van der Waals surface area contributed by atoms with Gasteiger partial charge in [0.15, 0.2) is 0 Å². The van der Waals surface area contributed by atoms with Gasteiger partial charge in [0.1, 0.15) is 10.5 Å². The van der Waals surface area contributed by atoms with Gasteiger partial charge in [-0.05, 0) is 18.2 Å². The summed E-state index contributed by atoms with van der Waals surface area (Å²) in [5.74, 6) is -0.928. The molecule has 3 heterocycles. The fraction of sp³-hybridized carbons (Fsp3) is 0. The summed E-state index contributed by atoms with van der Waals surface area (Å²) in [5, 5.41) is 14.6. The van der Waals surface area contributed by atoms with Crippen LogP contribution >= 0.6 is 11.3 Å². The molecule has 4 aromatic rings. The molecule has 0 spiro atoms. The van der Waals surface area contributed by atoms with Crippen molar-refractivity contribution in [2.24, 2.45) is 0 Å². The van der Waals surface area contributed by atoms with Crippen LogP contribution in [0.1, 0.15) is 9.67 Å². The van der Waals surface area contributed by atoms with Gasteiger partial charge in [-0.1, -0.05) is 18.2 Å². The number of aromatic carboxylic acids is 1. The van der Waals surface area contributed by atoms with E-state index in [4.69, 9.17) is 0 Å². The van der Waals surface area contributed by atoms with Crippen LogP contribution in [0, 0.1) is 0 Å². The molecule has 0 atom stereocenters. The Kier molecular flexibility index (Phi) is 2.83. The Labute approximate surface area is 129 Å². The van der Waals surface area contributed by atoms with Crippen molar-refractivity contribution < 1.29 is 9.90 Å². The maximum Gasteiger partial charge on any atom is 0.348 e. The molecule has 4 rings (SSSR count). The molecule has 1 aromatic carbocycles. The van der Waals surface area contributed by atoms with E-state index in [1.807, 2.05) is 42.6 Å². The first kappa shape index (κ1) is 12.8. The average Bonchev–Trinajstić information content (AvgIpc) is 3.13. The minimum Gasteiger partial charge on any atom is -0.477 e. The quantitative estimate of drug-likeness (QED) is 0.529. The highest BCUT2D eigenvalue weighted by atomic mass is 32.1. The van der Waals surface area contributed by atoms with E-state index in [1.165, 1.54) is 11.3 Å². The highest BCUT2D eigenvalue weighted by molar-refractivity contribution is 7.21. The van der Waals surface area contributed by atoms with Crippen LogP contribution in [0.2, 0.25) is 0 Å². The lowest BCUT2D eigenvalue weighted by Gasteiger charge is -2.08. The molecule has 3 aromatic heterocycles. The highest BCUT2D eigenvalue weighted by Gasteiger charge is 2.18. The second-order valence-corrected chi connectivity index (χ2v) is 5.88. The van der Waals surface area contributed by atoms with Crippen LogP contribution in [-0.4, -0.2) is 21.0 Å². The Morgan fingerprint density at radius 3 is 2.91 bits per heavy atom. The Bertz CT molecular complexity index is 1000. The number of hydrogen-bond acceptors (Lipinski definition) is 4. The summed E-state index contributed by atoms with van der Waals surface area (Å²) in [6, 6.07) is 11.4. The van der Waals surface area contributed by atoms with E-state index in [0.29, 0.717) is 10.6 Å². The fourth-order valence-corrected chi connectivity index (χ4v) is 3.52. The number of thiophene rings is 1. The Morgan fingerprint density at radius 1 is 1.18 bits per heavy atom. The van der Waals surface area contributed by atoms with Gasteiger partial charge in [-0.15, -0.1) is 11.3 Å². The van der Waals surface area contributed by atoms with Crippen molar-refractivity contribution in [3.8, 4) is 0 Å². The SMILES string of the molecule is O=C(O)c1sc2ccccc2c1Nc1ccnc2[nH]ccc12. The number of H-pyrrole nitrogens is 1. The number of anilines is 2. The molecule has 0 aliphatic heterocycles. The number of carboxylic acids is 1. The van der Waals surface area contributed by atoms with Crippen LogP contribution in [0.4, 0.5) is 11.4 Å². The van der Waals surface area contributed by atoms with E-state index in [9.17, 15) is 9.90 Å². The third kappa shape index (κ3) is 1.93. The summed E-state index contributed by atoms with van der Waals surface area (Å²) < 4.78 is 0.946. The lowest BCUT2D eigenvalue weighted by Crippen LogP contribution is -1.99. The van der Waals surface area contributed by atoms with Gasteiger partial charge >= 0.3 is 5.97 Å². The topological polar surface area (TPSA) is 78.0 Å². The van der Waals surface area contributed by atoms with Gasteiger partial charge in [-0.2, -0.15) is 0 Å². The largest absolute Gasteiger partial charge is 0.477 e. The number of fused-ring (bicyclic) bond motifs is 2. The first-order valence-electron chi connectivity index (χ1n) is 6.68. The predicted molar refractivity (Wildman–Crippen MR) is 88.2 cm³/mol. The van der Waals surface area contributed by atoms with E-state index < -0.39 is 5.97 Å². The summed E-state index contributed by atoms with van der Waals surface area (Å²) in [7, 11) is 0. The maximum absolute atomic E-state index is 11.5. The van der Waals surface area contributed by atoms with Crippen molar-refractivity contribution in [1.82, 2.24) is 9.97 Å². The minimum absolute atomic E-state index is 0.307. The number of carboxylic acid groups (broad SMARTS) is 1. The number of nitrogens with zero attached hydrogens (tertiary/aromatic N) is 1. The second-order valence-electron chi connectivity index (χ2n) is 4.83. The van der Waals surface area contributed by atoms with E-state index in [0.717, 1.165) is 26.8 Å². The van der Waals surface area contributed by atoms with Gasteiger partial charge in [-0.25, -0.2) is 9.78 Å². The number of benzene rings is 1. The molecule has 0 aliphatic carbocycles. The van der Waals surface area contributed by atoms with Crippen molar-refractivity contribution in [2.75, 3.05) is 5.32 Å². The zero-order chi connectivity index (χ0) is 15.1. The van der Waals surface area contributed by atoms with Crippen molar-refractivity contribution in [2.45, 2.75) is 0 Å². The molecule has 3 N–H and O–H groups in total. The predicted octanol–water partition coefficient (Wildman–Crippen LogP) is 4.22. The van der Waals surface area contributed by atoms with Gasteiger partial charge in [0, 0.05) is 27.9 Å². The van der Waals surface area contributed by atoms with Crippen molar-refractivity contribution >= 4 is 49.8 Å². The first-order valence-corrected chi connectivity index (χ1v) is 7.49. The molecule has 0 saturated heterocycles. The number of aromatic amines is 1. The molecule has 0 amide bonds. The van der Waals surface area contributed by atoms with Gasteiger partial charge in [-0.3, -0.25) is 0 Å². The molecule has 0 radical (unpaired) electrons. The molecule has 0 aliphatic rings. The Hall–Kier alpha value is -2.86. The smallest absolute Gasteiger partial charge is 0.348 e. The first-order chi connectivity index (χ1) is 10.7. The van der Waals surface area contributed by atoms with Crippen LogP contribution in [0.25, 0.3) is 21.1 Å². The number of carbonyl (C=O) groups is 1. The van der Waals surface area contributed by atoms with Gasteiger partial charge < -0.3 is 15.4 Å². The molecule has 0 saturated carbocycles. The standard InChI is InChI=1S/C16H11N3O2S/c20-16(21)14-13(10-3-1-2-4-12(10)22-14)19-11-6-8-18-15-9(11)5-7-17-15/h1-8H,(H,20,21)(H2,17,18,19).